The van der Waals surface area contributed by atoms with Gasteiger partial charge < -0.3 is 10.1 Å². The Kier molecular flexibility index (Phi) is 5.35. The second-order valence-corrected chi connectivity index (χ2v) is 5.56. The fourth-order valence-corrected chi connectivity index (χ4v) is 2.08. The average molecular weight is 424 g/mol. The lowest BCUT2D eigenvalue weighted by Gasteiger charge is -2.08. The van der Waals surface area contributed by atoms with Crippen LogP contribution in [-0.4, -0.2) is 12.5 Å². The molecule has 3 nitrogen and oxygen atoms in total. The minimum atomic E-state index is -2.88. The van der Waals surface area contributed by atoms with E-state index in [2.05, 4.69) is 32.6 Å². The summed E-state index contributed by atoms with van der Waals surface area (Å²) in [5, 5.41) is 3.13. The van der Waals surface area contributed by atoms with E-state index < -0.39 is 6.61 Å². The Hall–Kier alpha value is -1.41. The molecule has 0 aliphatic carbocycles. The number of amides is 1. The molecule has 1 N–H and O–H groups in total. The quantitative estimate of drug-likeness (QED) is 0.718. The van der Waals surface area contributed by atoms with Crippen molar-refractivity contribution in [2.75, 3.05) is 5.32 Å². The predicted octanol–water partition coefficient (Wildman–Crippen LogP) is 4.80. The van der Waals surface area contributed by atoms with Gasteiger partial charge in [0.15, 0.2) is 0 Å². The molecule has 0 aromatic heterocycles. The van der Waals surface area contributed by atoms with Crippen LogP contribution in [-0.2, 0) is 0 Å². The van der Waals surface area contributed by atoms with Crippen LogP contribution in [0.4, 0.5) is 14.5 Å². The van der Waals surface area contributed by atoms with Crippen molar-refractivity contribution in [1.82, 2.24) is 0 Å². The molecule has 2 rings (SSSR count). The highest BCUT2D eigenvalue weighted by atomic mass is 127. The molecule has 0 unspecified atom stereocenters. The van der Waals surface area contributed by atoms with E-state index in [1.165, 1.54) is 24.3 Å². The lowest BCUT2D eigenvalue weighted by molar-refractivity contribution is -0.0498. The first-order valence-corrected chi connectivity index (χ1v) is 7.22. The van der Waals surface area contributed by atoms with Crippen molar-refractivity contribution in [1.29, 1.82) is 0 Å². The van der Waals surface area contributed by atoms with Crippen molar-refractivity contribution in [3.05, 3.63) is 56.6 Å². The third-order valence-electron chi connectivity index (χ3n) is 2.52. The van der Waals surface area contributed by atoms with Crippen molar-refractivity contribution < 1.29 is 18.3 Å². The van der Waals surface area contributed by atoms with Crippen LogP contribution < -0.4 is 10.1 Å². The molecule has 0 heterocycles. The summed E-state index contributed by atoms with van der Waals surface area (Å²) in [5.74, 6) is -0.309. The van der Waals surface area contributed by atoms with E-state index in [0.29, 0.717) is 16.3 Å². The van der Waals surface area contributed by atoms with Crippen LogP contribution in [0, 0.1) is 3.57 Å². The molecule has 0 aliphatic rings. The Balaban J connectivity index is 2.06. The van der Waals surface area contributed by atoms with E-state index in [9.17, 15) is 13.6 Å². The molecule has 0 atom stereocenters. The van der Waals surface area contributed by atoms with Gasteiger partial charge in [0.25, 0.3) is 5.91 Å². The number of carbonyl (C=O) groups is 1. The van der Waals surface area contributed by atoms with Crippen LogP contribution in [0.3, 0.4) is 0 Å². The first kappa shape index (κ1) is 16.0. The highest BCUT2D eigenvalue weighted by Gasteiger charge is 2.09. The number of alkyl halides is 2. The topological polar surface area (TPSA) is 38.3 Å². The molecule has 0 aliphatic heterocycles. The molecule has 0 saturated heterocycles. The summed E-state index contributed by atoms with van der Waals surface area (Å²) in [4.78, 5) is 12.0. The summed E-state index contributed by atoms with van der Waals surface area (Å²) in [6.07, 6.45) is 0. The molecule has 7 heteroatoms. The van der Waals surface area contributed by atoms with Crippen molar-refractivity contribution in [2.45, 2.75) is 6.61 Å². The van der Waals surface area contributed by atoms with Crippen LogP contribution in [0.1, 0.15) is 10.4 Å². The van der Waals surface area contributed by atoms with E-state index in [-0.39, 0.29) is 11.7 Å². The Morgan fingerprint density at radius 1 is 1.19 bits per heavy atom. The third kappa shape index (κ3) is 4.53. The number of ether oxygens (including phenoxy) is 1. The lowest BCUT2D eigenvalue weighted by Crippen LogP contribution is -2.12. The van der Waals surface area contributed by atoms with Gasteiger partial charge in [0.05, 0.1) is 5.02 Å². The van der Waals surface area contributed by atoms with Crippen LogP contribution in [0.2, 0.25) is 5.02 Å². The molecule has 0 saturated carbocycles. The number of anilines is 1. The SMILES string of the molecule is O=C(Nc1ccc(OC(F)F)cc1)c1ccc(I)c(Cl)c1. The standard InChI is InChI=1S/C14H9ClF2INO2/c15-11-7-8(1-6-12(11)18)13(20)19-9-2-4-10(5-3-9)21-14(16)17/h1-7,14H,(H,19,20). The average Bonchev–Trinajstić information content (AvgIpc) is 2.43. The lowest BCUT2D eigenvalue weighted by atomic mass is 10.2. The van der Waals surface area contributed by atoms with Crippen molar-refractivity contribution >= 4 is 45.8 Å². The molecule has 1 amide bonds. The molecular formula is C14H9ClF2INO2. The molecular weight excluding hydrogens is 415 g/mol. The zero-order valence-corrected chi connectivity index (χ0v) is 13.4. The van der Waals surface area contributed by atoms with E-state index in [1.54, 1.807) is 18.2 Å². The van der Waals surface area contributed by atoms with E-state index in [0.717, 1.165) is 3.57 Å². The van der Waals surface area contributed by atoms with E-state index >= 15 is 0 Å². The zero-order chi connectivity index (χ0) is 15.4. The highest BCUT2D eigenvalue weighted by molar-refractivity contribution is 14.1. The Bertz CT molecular complexity index is 650. The van der Waals surface area contributed by atoms with Gasteiger partial charge in [-0.1, -0.05) is 11.6 Å². The second kappa shape index (κ2) is 7.04. The number of rotatable bonds is 4. The van der Waals surface area contributed by atoms with Gasteiger partial charge in [0, 0.05) is 14.8 Å². The fourth-order valence-electron chi connectivity index (χ4n) is 1.56. The fraction of sp³-hybridized carbons (Fsp3) is 0.0714. The number of halogens is 4. The van der Waals surface area contributed by atoms with Crippen LogP contribution in [0.25, 0.3) is 0 Å². The highest BCUT2D eigenvalue weighted by Crippen LogP contribution is 2.21. The van der Waals surface area contributed by atoms with Crippen molar-refractivity contribution in [3.8, 4) is 5.75 Å². The van der Waals surface area contributed by atoms with Crippen molar-refractivity contribution in [2.24, 2.45) is 0 Å². The smallest absolute Gasteiger partial charge is 0.387 e. The normalized spacial score (nSPS) is 10.5. The van der Waals surface area contributed by atoms with Gasteiger partial charge in [0.1, 0.15) is 5.75 Å². The molecule has 2 aromatic rings. The number of hydrogen-bond donors (Lipinski definition) is 1. The summed E-state index contributed by atoms with van der Waals surface area (Å²) in [5.41, 5.74) is 0.879. The summed E-state index contributed by atoms with van der Waals surface area (Å²) in [6, 6.07) is 10.6. The Labute approximate surface area is 138 Å². The van der Waals surface area contributed by atoms with E-state index in [1.807, 2.05) is 0 Å². The number of carbonyl (C=O) groups excluding carboxylic acids is 1. The Morgan fingerprint density at radius 3 is 2.43 bits per heavy atom. The molecule has 0 spiro atoms. The van der Waals surface area contributed by atoms with Gasteiger partial charge in [-0.2, -0.15) is 8.78 Å². The monoisotopic (exact) mass is 423 g/mol. The van der Waals surface area contributed by atoms with E-state index in [4.69, 9.17) is 11.6 Å². The molecule has 0 radical (unpaired) electrons. The van der Waals surface area contributed by atoms with Gasteiger partial charge in [-0.15, -0.1) is 0 Å². The maximum absolute atomic E-state index is 12.0. The first-order chi connectivity index (χ1) is 9.95. The summed E-state index contributed by atoms with van der Waals surface area (Å²) < 4.78 is 29.1. The minimum Gasteiger partial charge on any atom is -0.435 e. The first-order valence-electron chi connectivity index (χ1n) is 5.77. The molecule has 110 valence electrons. The second-order valence-electron chi connectivity index (χ2n) is 3.99. The molecule has 21 heavy (non-hydrogen) atoms. The largest absolute Gasteiger partial charge is 0.435 e. The molecule has 0 bridgehead atoms. The van der Waals surface area contributed by atoms with Gasteiger partial charge in [-0.05, 0) is 65.1 Å². The third-order valence-corrected chi connectivity index (χ3v) is 4.09. The summed E-state index contributed by atoms with van der Waals surface area (Å²) in [6.45, 7) is -2.88. The maximum atomic E-state index is 12.0. The molecule has 0 fully saturated rings. The number of benzene rings is 2. The van der Waals surface area contributed by atoms with Gasteiger partial charge in [-0.25, -0.2) is 0 Å². The molecule has 2 aromatic carbocycles. The number of hydrogen-bond acceptors (Lipinski definition) is 2. The maximum Gasteiger partial charge on any atom is 0.387 e. The minimum absolute atomic E-state index is 0.0281. The van der Waals surface area contributed by atoms with Crippen LogP contribution in [0.15, 0.2) is 42.5 Å². The zero-order valence-electron chi connectivity index (χ0n) is 10.4. The predicted molar refractivity (Wildman–Crippen MR) is 85.2 cm³/mol. The summed E-state index contributed by atoms with van der Waals surface area (Å²) in [7, 11) is 0. The van der Waals surface area contributed by atoms with Gasteiger partial charge in [0.2, 0.25) is 0 Å². The van der Waals surface area contributed by atoms with Gasteiger partial charge in [-0.3, -0.25) is 4.79 Å². The van der Waals surface area contributed by atoms with Crippen LogP contribution >= 0.6 is 34.2 Å². The van der Waals surface area contributed by atoms with Crippen molar-refractivity contribution in [3.63, 3.8) is 0 Å². The van der Waals surface area contributed by atoms with Crippen LogP contribution in [0.5, 0.6) is 5.75 Å². The Morgan fingerprint density at radius 2 is 1.86 bits per heavy atom. The van der Waals surface area contributed by atoms with Gasteiger partial charge >= 0.3 is 6.61 Å². The number of nitrogens with one attached hydrogen (secondary N) is 1. The summed E-state index contributed by atoms with van der Waals surface area (Å²) >= 11 is 8.02.